The van der Waals surface area contributed by atoms with Crippen LogP contribution in [0.25, 0.3) is 0 Å². The number of ether oxygens (including phenoxy) is 1. The summed E-state index contributed by atoms with van der Waals surface area (Å²) in [5.74, 6) is 0.0941. The summed E-state index contributed by atoms with van der Waals surface area (Å²) in [4.78, 5) is 14.6. The van der Waals surface area contributed by atoms with Crippen LogP contribution in [0.1, 0.15) is 32.6 Å². The normalized spacial score (nSPS) is 36.2. The van der Waals surface area contributed by atoms with E-state index in [0.29, 0.717) is 18.7 Å². The van der Waals surface area contributed by atoms with Crippen molar-refractivity contribution in [2.45, 2.75) is 56.8 Å². The summed E-state index contributed by atoms with van der Waals surface area (Å²) in [5.41, 5.74) is 0. The fraction of sp³-hybridized carbons (Fsp3) is 0.929. The zero-order valence-corrected chi connectivity index (χ0v) is 12.3. The molecule has 19 heavy (non-hydrogen) atoms. The van der Waals surface area contributed by atoms with E-state index < -0.39 is 0 Å². The number of hydrogen-bond donors (Lipinski definition) is 2. The quantitative estimate of drug-likeness (QED) is 0.776. The predicted octanol–water partition coefficient (Wildman–Crippen LogP) is 0.352. The minimum absolute atomic E-state index is 0.0398. The molecule has 0 aromatic carbocycles. The Bertz CT molecular complexity index is 309. The average Bonchev–Trinajstić information content (AvgIpc) is 2.39. The molecule has 1 heterocycles. The lowest BCUT2D eigenvalue weighted by Crippen LogP contribution is -2.57. The van der Waals surface area contributed by atoms with E-state index >= 15 is 0 Å². The Morgan fingerprint density at radius 1 is 1.37 bits per heavy atom. The number of carbonyl (C=O) groups is 1. The van der Waals surface area contributed by atoms with E-state index in [1.54, 1.807) is 0 Å². The van der Waals surface area contributed by atoms with Crippen LogP contribution in [-0.4, -0.2) is 62.3 Å². The maximum absolute atomic E-state index is 12.3. The van der Waals surface area contributed by atoms with E-state index in [4.69, 9.17) is 4.74 Å². The second-order valence-corrected chi connectivity index (χ2v) is 6.00. The van der Waals surface area contributed by atoms with Gasteiger partial charge in [-0.3, -0.25) is 4.79 Å². The fourth-order valence-electron chi connectivity index (χ4n) is 3.08. The summed E-state index contributed by atoms with van der Waals surface area (Å²) in [6.07, 6.45) is 4.54. The molecule has 2 unspecified atom stereocenters. The topological polar surface area (TPSA) is 53.6 Å². The summed E-state index contributed by atoms with van der Waals surface area (Å²) in [5, 5.41) is 6.44. The summed E-state index contributed by atoms with van der Waals surface area (Å²) in [6, 6.07) is 0.699. The van der Waals surface area contributed by atoms with Crippen LogP contribution in [0.15, 0.2) is 0 Å². The molecule has 2 aliphatic rings. The number of amides is 1. The van der Waals surface area contributed by atoms with Gasteiger partial charge in [-0.25, -0.2) is 0 Å². The third-order valence-corrected chi connectivity index (χ3v) is 4.32. The van der Waals surface area contributed by atoms with Gasteiger partial charge in [-0.15, -0.1) is 0 Å². The van der Waals surface area contributed by atoms with E-state index in [0.717, 1.165) is 19.4 Å². The van der Waals surface area contributed by atoms with Gasteiger partial charge < -0.3 is 20.3 Å². The van der Waals surface area contributed by atoms with Crippen LogP contribution < -0.4 is 10.6 Å². The average molecular weight is 269 g/mol. The zero-order chi connectivity index (χ0) is 13.8. The molecule has 0 aromatic heterocycles. The Balaban J connectivity index is 1.84. The molecule has 0 radical (unpaired) electrons. The van der Waals surface area contributed by atoms with E-state index in [1.807, 2.05) is 6.92 Å². The molecule has 2 N–H and O–H groups in total. The maximum Gasteiger partial charge on any atom is 0.240 e. The number of morpholine rings is 1. The minimum atomic E-state index is -0.200. The van der Waals surface area contributed by atoms with E-state index in [2.05, 4.69) is 29.6 Å². The molecule has 0 bridgehead atoms. The number of rotatable bonds is 3. The summed E-state index contributed by atoms with van der Waals surface area (Å²) in [6.45, 7) is 3.41. The van der Waals surface area contributed by atoms with Crippen LogP contribution in [0.2, 0.25) is 0 Å². The molecule has 110 valence electrons. The third-order valence-electron chi connectivity index (χ3n) is 4.32. The van der Waals surface area contributed by atoms with Gasteiger partial charge in [0.15, 0.2) is 0 Å². The highest BCUT2D eigenvalue weighted by molar-refractivity contribution is 5.82. The third kappa shape index (κ3) is 3.91. The number of nitrogens with one attached hydrogen (secondary N) is 2. The lowest BCUT2D eigenvalue weighted by molar-refractivity contribution is -0.130. The van der Waals surface area contributed by atoms with E-state index in [-0.39, 0.29) is 18.1 Å². The molecule has 1 aliphatic heterocycles. The van der Waals surface area contributed by atoms with Crippen molar-refractivity contribution in [3.05, 3.63) is 0 Å². The molecule has 1 amide bonds. The second kappa shape index (κ2) is 6.68. The van der Waals surface area contributed by atoms with Crippen molar-refractivity contribution in [1.29, 1.82) is 0 Å². The van der Waals surface area contributed by atoms with Gasteiger partial charge in [0.05, 0.1) is 12.7 Å². The van der Waals surface area contributed by atoms with Crippen molar-refractivity contribution in [3.8, 4) is 0 Å². The van der Waals surface area contributed by atoms with Gasteiger partial charge in [0.2, 0.25) is 5.91 Å². The van der Waals surface area contributed by atoms with Crippen molar-refractivity contribution in [1.82, 2.24) is 15.5 Å². The van der Waals surface area contributed by atoms with Gasteiger partial charge in [-0.05, 0) is 46.7 Å². The monoisotopic (exact) mass is 269 g/mol. The fourth-order valence-corrected chi connectivity index (χ4v) is 3.08. The smallest absolute Gasteiger partial charge is 0.240 e. The highest BCUT2D eigenvalue weighted by Gasteiger charge is 2.31. The number of nitrogens with zero attached hydrogens (tertiary/aromatic N) is 1. The van der Waals surface area contributed by atoms with Crippen molar-refractivity contribution in [3.63, 3.8) is 0 Å². The summed E-state index contributed by atoms with van der Waals surface area (Å²) < 4.78 is 5.53. The molecule has 5 nitrogen and oxygen atoms in total. The molecular formula is C14H27N3O2. The van der Waals surface area contributed by atoms with Crippen LogP contribution in [0.5, 0.6) is 0 Å². The molecule has 2 rings (SSSR count). The lowest BCUT2D eigenvalue weighted by atomic mass is 9.90. The van der Waals surface area contributed by atoms with Crippen molar-refractivity contribution >= 4 is 5.91 Å². The molecule has 2 fully saturated rings. The van der Waals surface area contributed by atoms with Crippen LogP contribution in [-0.2, 0) is 9.53 Å². The Hall–Kier alpha value is -0.650. The predicted molar refractivity (Wildman–Crippen MR) is 75.1 cm³/mol. The van der Waals surface area contributed by atoms with Gasteiger partial charge in [0, 0.05) is 18.6 Å². The summed E-state index contributed by atoms with van der Waals surface area (Å²) >= 11 is 0. The zero-order valence-electron chi connectivity index (χ0n) is 12.3. The first-order valence-corrected chi connectivity index (χ1v) is 7.39. The van der Waals surface area contributed by atoms with Gasteiger partial charge in [0.25, 0.3) is 0 Å². The molecule has 1 aliphatic carbocycles. The van der Waals surface area contributed by atoms with Crippen LogP contribution in [0, 0.1) is 0 Å². The lowest BCUT2D eigenvalue weighted by Gasteiger charge is -2.36. The minimum Gasteiger partial charge on any atom is -0.375 e. The highest BCUT2D eigenvalue weighted by atomic mass is 16.5. The molecule has 5 heteroatoms. The van der Waals surface area contributed by atoms with E-state index in [9.17, 15) is 4.79 Å². The molecule has 1 saturated carbocycles. The van der Waals surface area contributed by atoms with Gasteiger partial charge in [0.1, 0.15) is 6.04 Å². The van der Waals surface area contributed by atoms with Crippen LogP contribution >= 0.6 is 0 Å². The molecular weight excluding hydrogens is 242 g/mol. The number of carbonyl (C=O) groups excluding carboxylic acids is 1. The largest absolute Gasteiger partial charge is 0.375 e. The SMILES string of the molecule is C[C@H]1OCCN[C@@H]1C(=O)NC1CCCC(N(C)C)C1. The Morgan fingerprint density at radius 3 is 2.84 bits per heavy atom. The van der Waals surface area contributed by atoms with E-state index in [1.165, 1.54) is 12.8 Å². The molecule has 0 spiro atoms. The first kappa shape index (κ1) is 14.8. The van der Waals surface area contributed by atoms with Crippen molar-refractivity contribution in [2.75, 3.05) is 27.2 Å². The Kier molecular flexibility index (Phi) is 5.19. The first-order valence-electron chi connectivity index (χ1n) is 7.39. The summed E-state index contributed by atoms with van der Waals surface area (Å²) in [7, 11) is 4.24. The van der Waals surface area contributed by atoms with Gasteiger partial charge in [-0.1, -0.05) is 0 Å². The van der Waals surface area contributed by atoms with Crippen molar-refractivity contribution < 1.29 is 9.53 Å². The molecule has 4 atom stereocenters. The maximum atomic E-state index is 12.3. The second-order valence-electron chi connectivity index (χ2n) is 6.00. The van der Waals surface area contributed by atoms with Gasteiger partial charge in [-0.2, -0.15) is 0 Å². The molecule has 0 aromatic rings. The van der Waals surface area contributed by atoms with Crippen LogP contribution in [0.3, 0.4) is 0 Å². The standard InChI is InChI=1S/C14H27N3O2/c1-10-13(15-7-8-19-10)14(18)16-11-5-4-6-12(9-11)17(2)3/h10-13,15H,4-9H2,1-3H3,(H,16,18)/t10-,11?,12?,13+/m1/s1. The number of hydrogen-bond acceptors (Lipinski definition) is 4. The molecule has 1 saturated heterocycles. The van der Waals surface area contributed by atoms with Gasteiger partial charge >= 0.3 is 0 Å². The Morgan fingerprint density at radius 2 is 2.16 bits per heavy atom. The highest BCUT2D eigenvalue weighted by Crippen LogP contribution is 2.21. The Labute approximate surface area is 116 Å². The van der Waals surface area contributed by atoms with Crippen molar-refractivity contribution in [2.24, 2.45) is 0 Å². The first-order chi connectivity index (χ1) is 9.08. The van der Waals surface area contributed by atoms with Crippen LogP contribution in [0.4, 0.5) is 0 Å².